The molecule has 1 amide bonds. The summed E-state index contributed by atoms with van der Waals surface area (Å²) in [5.74, 6) is -2.08. The van der Waals surface area contributed by atoms with E-state index in [1.807, 2.05) is 0 Å². The molecule has 2 aromatic heterocycles. The van der Waals surface area contributed by atoms with Crippen molar-refractivity contribution in [1.82, 2.24) is 24.9 Å². The molecule has 1 aliphatic heterocycles. The second kappa shape index (κ2) is 7.39. The van der Waals surface area contributed by atoms with Gasteiger partial charge in [0.05, 0.1) is 23.6 Å². The van der Waals surface area contributed by atoms with Gasteiger partial charge in [0.25, 0.3) is 0 Å². The van der Waals surface area contributed by atoms with Crippen molar-refractivity contribution in [2.45, 2.75) is 32.8 Å². The lowest BCUT2D eigenvalue weighted by molar-refractivity contribution is -0.186. The van der Waals surface area contributed by atoms with Gasteiger partial charge in [-0.3, -0.25) is 4.79 Å². The van der Waals surface area contributed by atoms with E-state index in [0.29, 0.717) is 33.2 Å². The lowest BCUT2D eigenvalue weighted by Gasteiger charge is -2.16. The van der Waals surface area contributed by atoms with Crippen LogP contribution >= 0.6 is 0 Å². The van der Waals surface area contributed by atoms with Crippen LogP contribution in [0.5, 0.6) is 5.88 Å². The van der Waals surface area contributed by atoms with Crippen molar-refractivity contribution in [1.29, 1.82) is 0 Å². The van der Waals surface area contributed by atoms with Crippen LogP contribution in [0.2, 0.25) is 0 Å². The molecule has 156 valence electrons. The number of alkyl halides is 3. The molecule has 0 bridgehead atoms. The normalized spacial score (nSPS) is 13.4. The van der Waals surface area contributed by atoms with Crippen molar-refractivity contribution < 1.29 is 27.1 Å². The van der Waals surface area contributed by atoms with Crippen LogP contribution in [0.25, 0.3) is 5.69 Å². The molecule has 3 heterocycles. The third kappa shape index (κ3) is 3.82. The molecular formula is C19H15F4N5O2. The number of carbonyl (C=O) groups is 1. The third-order valence-electron chi connectivity index (χ3n) is 4.66. The largest absolute Gasteiger partial charge is 0.471 e. The van der Waals surface area contributed by atoms with Crippen molar-refractivity contribution in [2.75, 3.05) is 0 Å². The van der Waals surface area contributed by atoms with Crippen LogP contribution in [0.4, 0.5) is 17.6 Å². The first-order valence-corrected chi connectivity index (χ1v) is 8.87. The van der Waals surface area contributed by atoms with Crippen molar-refractivity contribution in [3.63, 3.8) is 0 Å². The fourth-order valence-electron chi connectivity index (χ4n) is 3.11. The molecule has 0 atom stereocenters. The summed E-state index contributed by atoms with van der Waals surface area (Å²) in [6, 6.07) is 8.81. The van der Waals surface area contributed by atoms with Gasteiger partial charge in [0.15, 0.2) is 0 Å². The molecule has 0 saturated carbocycles. The molecule has 0 aliphatic carbocycles. The number of carbonyl (C=O) groups excluding carboxylic acids is 1. The van der Waals surface area contributed by atoms with Gasteiger partial charge in [-0.25, -0.2) is 14.1 Å². The van der Waals surface area contributed by atoms with E-state index in [4.69, 9.17) is 4.74 Å². The highest BCUT2D eigenvalue weighted by Crippen LogP contribution is 2.28. The molecular weight excluding hydrogens is 406 g/mol. The summed E-state index contributed by atoms with van der Waals surface area (Å²) in [5, 5.41) is 8.04. The van der Waals surface area contributed by atoms with Gasteiger partial charge >= 0.3 is 12.1 Å². The first-order chi connectivity index (χ1) is 14.2. The molecule has 1 aliphatic rings. The van der Waals surface area contributed by atoms with E-state index in [1.165, 1.54) is 22.9 Å². The number of hydrogen-bond acceptors (Lipinski definition) is 5. The number of hydrogen-bond donors (Lipinski definition) is 0. The Kier molecular flexibility index (Phi) is 4.88. The number of aryl methyl sites for hydroxylation is 1. The fourth-order valence-corrected chi connectivity index (χ4v) is 3.11. The number of benzene rings is 1. The topological polar surface area (TPSA) is 73.1 Å². The average molecular weight is 421 g/mol. The Bertz CT molecular complexity index is 1100. The van der Waals surface area contributed by atoms with E-state index in [1.54, 1.807) is 25.1 Å². The third-order valence-corrected chi connectivity index (χ3v) is 4.66. The average Bonchev–Trinajstić information content (AvgIpc) is 3.28. The monoisotopic (exact) mass is 421 g/mol. The van der Waals surface area contributed by atoms with Gasteiger partial charge in [-0.05, 0) is 42.8 Å². The minimum atomic E-state index is -4.93. The number of ether oxygens (including phenoxy) is 1. The number of aromatic nitrogens is 4. The molecule has 7 nitrogen and oxygen atoms in total. The second-order valence-corrected chi connectivity index (χ2v) is 6.71. The van der Waals surface area contributed by atoms with E-state index in [2.05, 4.69) is 15.3 Å². The van der Waals surface area contributed by atoms with Gasteiger partial charge in [0, 0.05) is 12.6 Å². The maximum Gasteiger partial charge on any atom is 0.471 e. The maximum absolute atomic E-state index is 13.2. The van der Waals surface area contributed by atoms with E-state index in [-0.39, 0.29) is 31.4 Å². The highest BCUT2D eigenvalue weighted by molar-refractivity contribution is 5.82. The molecule has 0 saturated heterocycles. The molecule has 0 N–H and O–H groups in total. The van der Waals surface area contributed by atoms with E-state index >= 15 is 0 Å². The van der Waals surface area contributed by atoms with Crippen LogP contribution in [0.1, 0.15) is 22.6 Å². The van der Waals surface area contributed by atoms with E-state index < -0.39 is 12.1 Å². The summed E-state index contributed by atoms with van der Waals surface area (Å²) in [5.41, 5.74) is 2.69. The van der Waals surface area contributed by atoms with Crippen LogP contribution in [0.15, 0.2) is 36.4 Å². The lowest BCUT2D eigenvalue weighted by Crippen LogP contribution is -2.37. The predicted molar refractivity (Wildman–Crippen MR) is 94.9 cm³/mol. The maximum atomic E-state index is 13.2. The van der Waals surface area contributed by atoms with Crippen molar-refractivity contribution in [3.8, 4) is 11.6 Å². The number of fused-ring (bicyclic) bond motifs is 1. The van der Waals surface area contributed by atoms with E-state index in [0.717, 1.165) is 0 Å². The minimum Gasteiger partial charge on any atom is -0.471 e. The molecule has 0 unspecified atom stereocenters. The number of rotatable bonds is 4. The highest BCUT2D eigenvalue weighted by atomic mass is 19.4. The number of pyridine rings is 1. The summed E-state index contributed by atoms with van der Waals surface area (Å²) < 4.78 is 58.3. The van der Waals surface area contributed by atoms with Gasteiger partial charge in [0.2, 0.25) is 5.88 Å². The molecule has 1 aromatic carbocycles. The molecule has 0 spiro atoms. The van der Waals surface area contributed by atoms with Gasteiger partial charge in [-0.2, -0.15) is 13.2 Å². The zero-order valence-electron chi connectivity index (χ0n) is 15.6. The Balaban J connectivity index is 1.49. The first-order valence-electron chi connectivity index (χ1n) is 8.87. The SMILES string of the molecule is Cc1nnn(-c2ccc(F)cc2)c1COc1ccc2c(n1)CN(C(=O)C(F)(F)F)C2. The summed E-state index contributed by atoms with van der Waals surface area (Å²) in [6.07, 6.45) is -4.93. The quantitative estimate of drug-likeness (QED) is 0.606. The zero-order valence-corrected chi connectivity index (χ0v) is 15.6. The lowest BCUT2D eigenvalue weighted by atomic mass is 10.2. The molecule has 11 heteroatoms. The Hall–Kier alpha value is -3.50. The summed E-state index contributed by atoms with van der Waals surface area (Å²) in [4.78, 5) is 16.4. The van der Waals surface area contributed by atoms with Crippen LogP contribution in [0.3, 0.4) is 0 Å². The van der Waals surface area contributed by atoms with Gasteiger partial charge < -0.3 is 9.64 Å². The van der Waals surface area contributed by atoms with Crippen molar-refractivity contribution in [3.05, 3.63) is 64.9 Å². The van der Waals surface area contributed by atoms with Crippen LogP contribution < -0.4 is 4.74 Å². The number of amides is 1. The molecule has 30 heavy (non-hydrogen) atoms. The van der Waals surface area contributed by atoms with Crippen LogP contribution in [0, 0.1) is 12.7 Å². The van der Waals surface area contributed by atoms with Gasteiger partial charge in [-0.1, -0.05) is 5.21 Å². The minimum absolute atomic E-state index is 0.0349. The Morgan fingerprint density at radius 1 is 1.13 bits per heavy atom. The van der Waals surface area contributed by atoms with Gasteiger partial charge in [0.1, 0.15) is 18.1 Å². The predicted octanol–water partition coefficient (Wildman–Crippen LogP) is 3.09. The molecule has 4 rings (SSSR count). The molecule has 0 radical (unpaired) electrons. The first kappa shape index (κ1) is 19.8. The smallest absolute Gasteiger partial charge is 0.471 e. The van der Waals surface area contributed by atoms with Crippen molar-refractivity contribution in [2.24, 2.45) is 0 Å². The summed E-state index contributed by atoms with van der Waals surface area (Å²) >= 11 is 0. The van der Waals surface area contributed by atoms with E-state index in [9.17, 15) is 22.4 Å². The van der Waals surface area contributed by atoms with Crippen LogP contribution in [-0.4, -0.2) is 37.0 Å². The fraction of sp³-hybridized carbons (Fsp3) is 0.263. The highest BCUT2D eigenvalue weighted by Gasteiger charge is 2.44. The number of nitrogens with zero attached hydrogens (tertiary/aromatic N) is 5. The molecule has 0 fully saturated rings. The molecule has 3 aromatic rings. The number of halogens is 4. The van der Waals surface area contributed by atoms with Crippen molar-refractivity contribution >= 4 is 5.91 Å². The Morgan fingerprint density at radius 2 is 1.87 bits per heavy atom. The summed E-state index contributed by atoms with van der Waals surface area (Å²) in [7, 11) is 0. The van der Waals surface area contributed by atoms with Crippen LogP contribution in [-0.2, 0) is 24.5 Å². The summed E-state index contributed by atoms with van der Waals surface area (Å²) in [6.45, 7) is 1.38. The standard InChI is InChI=1S/C19H15F4N5O2/c1-11-16(28(26-25-11)14-5-3-13(20)4-6-14)10-30-17-7-2-12-8-27(9-15(12)24-17)18(29)19(21,22)23/h2-7H,8-10H2,1H3. The Morgan fingerprint density at radius 3 is 2.57 bits per heavy atom. The zero-order chi connectivity index (χ0) is 21.5. The Labute approximate surface area is 167 Å². The van der Waals surface area contributed by atoms with Gasteiger partial charge in [-0.15, -0.1) is 5.10 Å². The second-order valence-electron chi connectivity index (χ2n) is 6.71.